The van der Waals surface area contributed by atoms with E-state index in [-0.39, 0.29) is 30.0 Å². The fraction of sp³-hybridized carbons (Fsp3) is 0.429. The molecule has 0 unspecified atom stereocenters. The highest BCUT2D eigenvalue weighted by molar-refractivity contribution is 14.0. The summed E-state index contributed by atoms with van der Waals surface area (Å²) < 4.78 is 27.3. The van der Waals surface area contributed by atoms with Crippen molar-refractivity contribution in [1.29, 1.82) is 0 Å². The van der Waals surface area contributed by atoms with Crippen LogP contribution in [0.3, 0.4) is 0 Å². The third kappa shape index (κ3) is 6.30. The Balaban J connectivity index is 0.00000272. The average Bonchev–Trinajstić information content (AvgIpc) is 3.59. The molecule has 0 amide bonds. The Hall–Kier alpha value is -1.92. The zero-order valence-corrected chi connectivity index (χ0v) is 20.7. The van der Waals surface area contributed by atoms with Crippen LogP contribution >= 0.6 is 24.0 Å². The molecule has 2 N–H and O–H groups in total. The molecule has 168 valence electrons. The van der Waals surface area contributed by atoms with Gasteiger partial charge in [-0.25, -0.2) is 18.1 Å². The van der Waals surface area contributed by atoms with E-state index in [4.69, 9.17) is 0 Å². The summed E-state index contributed by atoms with van der Waals surface area (Å²) in [5, 5.41) is 3.39. The number of pyridine rings is 1. The first kappa shape index (κ1) is 23.7. The summed E-state index contributed by atoms with van der Waals surface area (Å²) in [5.41, 5.74) is 1.01. The topological polar surface area (TPSA) is 89.9 Å². The monoisotopic (exact) mass is 556 g/mol. The van der Waals surface area contributed by atoms with Crippen LogP contribution in [0.2, 0.25) is 0 Å². The Morgan fingerprint density at radius 2 is 1.81 bits per heavy atom. The highest BCUT2D eigenvalue weighted by atomic mass is 127. The average molecular weight is 556 g/mol. The van der Waals surface area contributed by atoms with Crippen molar-refractivity contribution < 1.29 is 8.42 Å². The molecule has 4 rings (SSSR count). The maximum atomic E-state index is 12.3. The third-order valence-corrected chi connectivity index (χ3v) is 6.88. The Labute approximate surface area is 201 Å². The summed E-state index contributed by atoms with van der Waals surface area (Å²) in [6.07, 6.45) is 3.67. The second kappa shape index (κ2) is 10.6. The van der Waals surface area contributed by atoms with Gasteiger partial charge in [0.05, 0.1) is 4.90 Å². The Kier molecular flexibility index (Phi) is 8.11. The highest BCUT2D eigenvalue weighted by Gasteiger charge is 2.27. The van der Waals surface area contributed by atoms with Crippen molar-refractivity contribution in [2.45, 2.75) is 30.3 Å². The number of nitrogens with zero attached hydrogens (tertiary/aromatic N) is 4. The van der Waals surface area contributed by atoms with Gasteiger partial charge in [-0.2, -0.15) is 0 Å². The number of guanidine groups is 1. The van der Waals surface area contributed by atoms with Crippen LogP contribution < -0.4 is 14.9 Å². The summed E-state index contributed by atoms with van der Waals surface area (Å²) in [5.74, 6) is 1.86. The van der Waals surface area contributed by atoms with Crippen LogP contribution in [-0.4, -0.2) is 63.5 Å². The standard InChI is InChI=1S/C21H28N6O2S.HI/c1-22-21(27-14-12-26(13-15-27)20-4-2-3-11-23-20)24-16-17-5-9-19(10-6-17)30(28,29)25-18-7-8-18;/h2-6,9-11,18,25H,7-8,12-16H2,1H3,(H,22,24);1H. The molecule has 2 fully saturated rings. The Morgan fingerprint density at radius 3 is 2.39 bits per heavy atom. The van der Waals surface area contributed by atoms with Gasteiger partial charge in [0, 0.05) is 52.0 Å². The van der Waals surface area contributed by atoms with E-state index in [0.717, 1.165) is 56.4 Å². The lowest BCUT2D eigenvalue weighted by atomic mass is 10.2. The molecular formula is C21H29IN6O2S. The number of piperazine rings is 1. The van der Waals surface area contributed by atoms with Crippen LogP contribution in [0.25, 0.3) is 0 Å². The molecule has 2 aliphatic rings. The lowest BCUT2D eigenvalue weighted by Crippen LogP contribution is -2.52. The molecule has 10 heteroatoms. The molecule has 1 saturated carbocycles. The normalized spacial score (nSPS) is 17.3. The number of rotatable bonds is 6. The van der Waals surface area contributed by atoms with Gasteiger partial charge in [0.1, 0.15) is 5.82 Å². The number of aromatic nitrogens is 1. The summed E-state index contributed by atoms with van der Waals surface area (Å²) >= 11 is 0. The van der Waals surface area contributed by atoms with E-state index in [1.54, 1.807) is 19.2 Å². The fourth-order valence-electron chi connectivity index (χ4n) is 3.48. The zero-order chi connectivity index (χ0) is 21.0. The Morgan fingerprint density at radius 1 is 1.10 bits per heavy atom. The summed E-state index contributed by atoms with van der Waals surface area (Å²) in [7, 11) is -1.62. The van der Waals surface area contributed by atoms with Crippen LogP contribution in [0.15, 0.2) is 58.5 Å². The van der Waals surface area contributed by atoms with Crippen LogP contribution in [-0.2, 0) is 16.6 Å². The van der Waals surface area contributed by atoms with Crippen molar-refractivity contribution in [3.63, 3.8) is 0 Å². The van der Waals surface area contributed by atoms with Gasteiger partial charge in [-0.3, -0.25) is 4.99 Å². The number of nitrogens with one attached hydrogen (secondary N) is 2. The summed E-state index contributed by atoms with van der Waals surface area (Å²) in [6.45, 7) is 4.08. The van der Waals surface area contributed by atoms with Crippen molar-refractivity contribution >= 4 is 45.8 Å². The smallest absolute Gasteiger partial charge is 0.240 e. The Bertz CT molecular complexity index is 973. The van der Waals surface area contributed by atoms with E-state index in [0.29, 0.717) is 11.4 Å². The minimum absolute atomic E-state index is 0. The number of anilines is 1. The number of aliphatic imine (C=N–C) groups is 1. The molecule has 0 bridgehead atoms. The lowest BCUT2D eigenvalue weighted by molar-refractivity contribution is 0.371. The molecule has 1 aromatic heterocycles. The predicted molar refractivity (Wildman–Crippen MR) is 133 cm³/mol. The van der Waals surface area contributed by atoms with Crippen molar-refractivity contribution in [2.24, 2.45) is 4.99 Å². The largest absolute Gasteiger partial charge is 0.353 e. The fourth-order valence-corrected chi connectivity index (χ4v) is 4.78. The van der Waals surface area contributed by atoms with E-state index >= 15 is 0 Å². The molecule has 1 saturated heterocycles. The molecule has 31 heavy (non-hydrogen) atoms. The van der Waals surface area contributed by atoms with E-state index in [1.165, 1.54) is 0 Å². The van der Waals surface area contributed by atoms with E-state index in [9.17, 15) is 8.42 Å². The molecule has 1 aliphatic heterocycles. The molecule has 2 aromatic rings. The maximum Gasteiger partial charge on any atom is 0.240 e. The zero-order valence-electron chi connectivity index (χ0n) is 17.6. The number of benzene rings is 1. The lowest BCUT2D eigenvalue weighted by Gasteiger charge is -2.37. The van der Waals surface area contributed by atoms with E-state index in [2.05, 4.69) is 29.8 Å². The van der Waals surface area contributed by atoms with Crippen LogP contribution in [0.1, 0.15) is 18.4 Å². The first-order valence-corrected chi connectivity index (χ1v) is 11.8. The van der Waals surface area contributed by atoms with Crippen molar-refractivity contribution in [3.05, 3.63) is 54.2 Å². The van der Waals surface area contributed by atoms with E-state index in [1.807, 2.05) is 36.5 Å². The predicted octanol–water partition coefficient (Wildman–Crippen LogP) is 2.04. The van der Waals surface area contributed by atoms with Gasteiger partial charge < -0.3 is 15.1 Å². The first-order chi connectivity index (χ1) is 14.5. The quantitative estimate of drug-likeness (QED) is 0.322. The van der Waals surface area contributed by atoms with Gasteiger partial charge in [-0.15, -0.1) is 24.0 Å². The molecule has 0 spiro atoms. The number of hydrogen-bond acceptors (Lipinski definition) is 5. The summed E-state index contributed by atoms with van der Waals surface area (Å²) in [6, 6.07) is 13.1. The van der Waals surface area contributed by atoms with Crippen LogP contribution in [0.4, 0.5) is 5.82 Å². The van der Waals surface area contributed by atoms with Gasteiger partial charge in [0.25, 0.3) is 0 Å². The van der Waals surface area contributed by atoms with Crippen LogP contribution in [0.5, 0.6) is 0 Å². The third-order valence-electron chi connectivity index (χ3n) is 5.35. The number of sulfonamides is 1. The maximum absolute atomic E-state index is 12.3. The minimum Gasteiger partial charge on any atom is -0.353 e. The second-order valence-corrected chi connectivity index (χ2v) is 9.32. The molecular weight excluding hydrogens is 527 g/mol. The molecule has 8 nitrogen and oxygen atoms in total. The molecule has 0 atom stereocenters. The molecule has 1 aliphatic carbocycles. The van der Waals surface area contributed by atoms with Crippen LogP contribution in [0, 0.1) is 0 Å². The van der Waals surface area contributed by atoms with Gasteiger partial charge in [-0.05, 0) is 42.7 Å². The van der Waals surface area contributed by atoms with Gasteiger partial charge in [-0.1, -0.05) is 18.2 Å². The van der Waals surface area contributed by atoms with Crippen molar-refractivity contribution in [3.8, 4) is 0 Å². The van der Waals surface area contributed by atoms with Gasteiger partial charge in [0.15, 0.2) is 5.96 Å². The SMILES string of the molecule is CN=C(NCc1ccc(S(=O)(=O)NC2CC2)cc1)N1CCN(c2ccccn2)CC1.I. The number of hydrogen-bond donors (Lipinski definition) is 2. The van der Waals surface area contributed by atoms with Gasteiger partial charge >= 0.3 is 0 Å². The molecule has 1 aromatic carbocycles. The van der Waals surface area contributed by atoms with E-state index < -0.39 is 10.0 Å². The second-order valence-electron chi connectivity index (χ2n) is 7.60. The minimum atomic E-state index is -3.41. The number of halogens is 1. The summed E-state index contributed by atoms with van der Waals surface area (Å²) in [4.78, 5) is 13.7. The molecule has 2 heterocycles. The molecule has 0 radical (unpaired) electrons. The van der Waals surface area contributed by atoms with Crippen molar-refractivity contribution in [2.75, 3.05) is 38.1 Å². The first-order valence-electron chi connectivity index (χ1n) is 10.3. The highest BCUT2D eigenvalue weighted by Crippen LogP contribution is 2.22. The van der Waals surface area contributed by atoms with Crippen molar-refractivity contribution in [1.82, 2.24) is 19.9 Å². The van der Waals surface area contributed by atoms with Gasteiger partial charge in [0.2, 0.25) is 10.0 Å².